The Bertz CT molecular complexity index is 695. The molecular formula is C17H16O5. The molecule has 0 fully saturated rings. The molecule has 114 valence electrons. The first-order chi connectivity index (χ1) is 10.7. The smallest absolute Gasteiger partial charge is 0.311 e. The van der Waals surface area contributed by atoms with Crippen LogP contribution in [0, 0.1) is 0 Å². The minimum absolute atomic E-state index is 0.170. The number of carbonyl (C=O) groups is 1. The molecule has 1 N–H and O–H groups in total. The molecule has 0 spiro atoms. The minimum Gasteiger partial charge on any atom is -0.496 e. The summed E-state index contributed by atoms with van der Waals surface area (Å²) < 4.78 is 15.9. The number of carboxylic acid groups (broad SMARTS) is 1. The van der Waals surface area contributed by atoms with E-state index < -0.39 is 11.9 Å². The molecule has 0 aliphatic carbocycles. The molecular weight excluding hydrogens is 284 g/mol. The van der Waals surface area contributed by atoms with Crippen molar-refractivity contribution in [1.29, 1.82) is 0 Å². The van der Waals surface area contributed by atoms with Gasteiger partial charge in [-0.25, -0.2) is 0 Å². The van der Waals surface area contributed by atoms with Gasteiger partial charge in [0.15, 0.2) is 11.5 Å². The van der Waals surface area contributed by atoms with E-state index in [9.17, 15) is 9.90 Å². The summed E-state index contributed by atoms with van der Waals surface area (Å²) in [6.07, 6.45) is 0.346. The Labute approximate surface area is 128 Å². The zero-order chi connectivity index (χ0) is 15.5. The third-order valence-electron chi connectivity index (χ3n) is 3.71. The van der Waals surface area contributed by atoms with Crippen molar-refractivity contribution in [2.24, 2.45) is 0 Å². The highest BCUT2D eigenvalue weighted by Gasteiger charge is 2.24. The lowest BCUT2D eigenvalue weighted by Crippen LogP contribution is -2.15. The van der Waals surface area contributed by atoms with E-state index in [0.717, 1.165) is 5.56 Å². The van der Waals surface area contributed by atoms with E-state index in [2.05, 4.69) is 0 Å². The second kappa shape index (κ2) is 5.97. The van der Waals surface area contributed by atoms with Crippen molar-refractivity contribution in [1.82, 2.24) is 0 Å². The number of hydrogen-bond acceptors (Lipinski definition) is 4. The lowest BCUT2D eigenvalue weighted by Gasteiger charge is -2.15. The van der Waals surface area contributed by atoms with Gasteiger partial charge in [0.05, 0.1) is 13.0 Å². The molecule has 0 radical (unpaired) electrons. The Kier molecular flexibility index (Phi) is 3.87. The third kappa shape index (κ3) is 2.70. The number of hydrogen-bond donors (Lipinski definition) is 1. The van der Waals surface area contributed by atoms with Gasteiger partial charge < -0.3 is 19.3 Å². The molecule has 22 heavy (non-hydrogen) atoms. The average molecular weight is 300 g/mol. The number of carboxylic acids is 1. The molecule has 5 heteroatoms. The number of fused-ring (bicyclic) bond motifs is 1. The fourth-order valence-corrected chi connectivity index (χ4v) is 2.57. The van der Waals surface area contributed by atoms with Crippen LogP contribution in [0.4, 0.5) is 0 Å². The van der Waals surface area contributed by atoms with Crippen molar-refractivity contribution in [2.75, 3.05) is 13.9 Å². The molecule has 1 aliphatic heterocycles. The minimum atomic E-state index is -0.884. The zero-order valence-electron chi connectivity index (χ0n) is 12.1. The number of methoxy groups -OCH3 is 1. The molecule has 1 heterocycles. The fraction of sp³-hybridized carbons (Fsp3) is 0.235. The summed E-state index contributed by atoms with van der Waals surface area (Å²) in [5.74, 6) is 0.360. The maximum absolute atomic E-state index is 11.7. The van der Waals surface area contributed by atoms with Crippen molar-refractivity contribution < 1.29 is 24.1 Å². The van der Waals surface area contributed by atoms with Crippen LogP contribution in [-0.2, 0) is 11.2 Å². The molecule has 0 amide bonds. The summed E-state index contributed by atoms with van der Waals surface area (Å²) in [4.78, 5) is 11.7. The van der Waals surface area contributed by atoms with E-state index in [0.29, 0.717) is 29.2 Å². The molecule has 0 aromatic heterocycles. The largest absolute Gasteiger partial charge is 0.496 e. The highest BCUT2D eigenvalue weighted by atomic mass is 16.7. The molecule has 5 nitrogen and oxygen atoms in total. The lowest BCUT2D eigenvalue weighted by atomic mass is 9.91. The van der Waals surface area contributed by atoms with Crippen molar-refractivity contribution in [3.63, 3.8) is 0 Å². The van der Waals surface area contributed by atoms with Crippen LogP contribution in [0.2, 0.25) is 0 Å². The van der Waals surface area contributed by atoms with Crippen molar-refractivity contribution in [3.8, 4) is 17.2 Å². The first-order valence-electron chi connectivity index (χ1n) is 6.93. The van der Waals surface area contributed by atoms with Crippen LogP contribution in [0.5, 0.6) is 17.2 Å². The maximum Gasteiger partial charge on any atom is 0.311 e. The topological polar surface area (TPSA) is 65.0 Å². The Balaban J connectivity index is 1.92. The molecule has 0 bridgehead atoms. The van der Waals surface area contributed by atoms with E-state index in [1.807, 2.05) is 24.3 Å². The van der Waals surface area contributed by atoms with Crippen LogP contribution < -0.4 is 14.2 Å². The van der Waals surface area contributed by atoms with Gasteiger partial charge in [-0.1, -0.05) is 24.3 Å². The maximum atomic E-state index is 11.7. The van der Waals surface area contributed by atoms with E-state index in [4.69, 9.17) is 14.2 Å². The summed E-state index contributed by atoms with van der Waals surface area (Å²) in [6, 6.07) is 12.7. The van der Waals surface area contributed by atoms with Gasteiger partial charge in [0.25, 0.3) is 0 Å². The summed E-state index contributed by atoms with van der Waals surface area (Å²) in [5.41, 5.74) is 1.54. The van der Waals surface area contributed by atoms with E-state index in [1.54, 1.807) is 25.3 Å². The number of aliphatic carboxylic acids is 1. The van der Waals surface area contributed by atoms with Crippen molar-refractivity contribution >= 4 is 5.97 Å². The Morgan fingerprint density at radius 2 is 2.00 bits per heavy atom. The molecule has 1 atom stereocenters. The predicted octanol–water partition coefficient (Wildman–Crippen LogP) is 2.83. The highest BCUT2D eigenvalue weighted by molar-refractivity contribution is 5.77. The lowest BCUT2D eigenvalue weighted by molar-refractivity contribution is -0.138. The van der Waals surface area contributed by atoms with Crippen LogP contribution in [0.15, 0.2) is 42.5 Å². The van der Waals surface area contributed by atoms with E-state index in [1.165, 1.54) is 0 Å². The fourth-order valence-electron chi connectivity index (χ4n) is 2.57. The quantitative estimate of drug-likeness (QED) is 0.920. The Morgan fingerprint density at radius 3 is 2.77 bits per heavy atom. The molecule has 1 aliphatic rings. The monoisotopic (exact) mass is 300 g/mol. The van der Waals surface area contributed by atoms with Gasteiger partial charge in [0.1, 0.15) is 5.75 Å². The molecule has 1 unspecified atom stereocenters. The molecule has 0 saturated carbocycles. The summed E-state index contributed by atoms with van der Waals surface area (Å²) in [5, 5.41) is 9.59. The number of para-hydroxylation sites is 1. The van der Waals surface area contributed by atoms with Gasteiger partial charge in [0.2, 0.25) is 6.79 Å². The summed E-state index contributed by atoms with van der Waals surface area (Å²) in [6.45, 7) is 0.170. The van der Waals surface area contributed by atoms with Crippen LogP contribution in [0.1, 0.15) is 17.0 Å². The van der Waals surface area contributed by atoms with Gasteiger partial charge in [-0.2, -0.15) is 0 Å². The van der Waals surface area contributed by atoms with Gasteiger partial charge in [0, 0.05) is 0 Å². The molecule has 2 aromatic carbocycles. The average Bonchev–Trinajstić information content (AvgIpc) is 3.00. The highest BCUT2D eigenvalue weighted by Crippen LogP contribution is 2.36. The normalized spacial score (nSPS) is 13.7. The second-order valence-corrected chi connectivity index (χ2v) is 5.02. The molecule has 3 rings (SSSR count). The van der Waals surface area contributed by atoms with E-state index in [-0.39, 0.29) is 6.79 Å². The van der Waals surface area contributed by atoms with Gasteiger partial charge >= 0.3 is 5.97 Å². The van der Waals surface area contributed by atoms with Gasteiger partial charge in [-0.3, -0.25) is 4.79 Å². The summed E-state index contributed by atoms with van der Waals surface area (Å²) >= 11 is 0. The third-order valence-corrected chi connectivity index (χ3v) is 3.71. The van der Waals surface area contributed by atoms with Crippen molar-refractivity contribution in [3.05, 3.63) is 53.6 Å². The molecule has 0 saturated heterocycles. The number of ether oxygens (including phenoxy) is 3. The predicted molar refractivity (Wildman–Crippen MR) is 79.6 cm³/mol. The van der Waals surface area contributed by atoms with Crippen LogP contribution in [-0.4, -0.2) is 25.0 Å². The standard InChI is InChI=1S/C17H16O5/c1-20-14-5-3-2-4-12(14)8-13(17(18)19)11-6-7-15-16(9-11)22-10-21-15/h2-7,9,13H,8,10H2,1H3,(H,18,19). The van der Waals surface area contributed by atoms with E-state index >= 15 is 0 Å². The van der Waals surface area contributed by atoms with Crippen molar-refractivity contribution in [2.45, 2.75) is 12.3 Å². The van der Waals surface area contributed by atoms with Gasteiger partial charge in [-0.05, 0) is 35.7 Å². The van der Waals surface area contributed by atoms with Crippen LogP contribution in [0.25, 0.3) is 0 Å². The second-order valence-electron chi connectivity index (χ2n) is 5.02. The van der Waals surface area contributed by atoms with Gasteiger partial charge in [-0.15, -0.1) is 0 Å². The number of benzene rings is 2. The van der Waals surface area contributed by atoms with Crippen LogP contribution in [0.3, 0.4) is 0 Å². The SMILES string of the molecule is COc1ccccc1CC(C(=O)O)c1ccc2c(c1)OCO2. The number of rotatable bonds is 5. The zero-order valence-corrected chi connectivity index (χ0v) is 12.1. The Morgan fingerprint density at radius 1 is 1.23 bits per heavy atom. The first kappa shape index (κ1) is 14.3. The molecule has 2 aromatic rings. The first-order valence-corrected chi connectivity index (χ1v) is 6.93. The Hall–Kier alpha value is -2.69. The summed E-state index contributed by atoms with van der Waals surface area (Å²) in [7, 11) is 1.58. The van der Waals surface area contributed by atoms with Crippen LogP contribution >= 0.6 is 0 Å².